The summed E-state index contributed by atoms with van der Waals surface area (Å²) in [5.74, 6) is -5.12. The first-order valence-electron chi connectivity index (χ1n) is 6.29. The van der Waals surface area contributed by atoms with Gasteiger partial charge >= 0.3 is 5.97 Å². The second-order valence-corrected chi connectivity index (χ2v) is 5.07. The van der Waals surface area contributed by atoms with E-state index in [9.17, 15) is 23.8 Å². The maximum absolute atomic E-state index is 13.1. The Balaban J connectivity index is 2.23. The minimum Gasteiger partial charge on any atom is -0.508 e. The number of hydrogen-bond donors (Lipinski definition) is 2. The third-order valence-corrected chi connectivity index (χ3v) is 3.77. The van der Waals surface area contributed by atoms with E-state index in [1.807, 2.05) is 0 Å². The van der Waals surface area contributed by atoms with Crippen LogP contribution in [0.2, 0.25) is 0 Å². The number of phenolic OH excluding ortho intramolecular Hbond substituents is 1. The van der Waals surface area contributed by atoms with E-state index in [1.54, 1.807) is 18.2 Å². The summed E-state index contributed by atoms with van der Waals surface area (Å²) in [5, 5.41) is 19.1. The highest BCUT2D eigenvalue weighted by molar-refractivity contribution is 5.77. The molecule has 0 aliphatic heterocycles. The van der Waals surface area contributed by atoms with Crippen LogP contribution in [0.1, 0.15) is 37.2 Å². The first-order valence-corrected chi connectivity index (χ1v) is 6.29. The summed E-state index contributed by atoms with van der Waals surface area (Å²) < 4.78 is 26.3. The lowest BCUT2D eigenvalue weighted by atomic mass is 9.75. The van der Waals surface area contributed by atoms with Crippen LogP contribution >= 0.6 is 0 Å². The van der Waals surface area contributed by atoms with Crippen LogP contribution in [0, 0.1) is 5.92 Å². The summed E-state index contributed by atoms with van der Waals surface area (Å²) in [6, 6.07) is 6.21. The van der Waals surface area contributed by atoms with Crippen LogP contribution in [0.25, 0.3) is 0 Å². The molecule has 2 rings (SSSR count). The lowest BCUT2D eigenvalue weighted by molar-refractivity contribution is -0.141. The SMILES string of the molecule is O=C(O)C(c1ccccc1O)C1CCC(F)(F)CC1. The Morgan fingerprint density at radius 2 is 1.84 bits per heavy atom. The second-order valence-electron chi connectivity index (χ2n) is 5.07. The van der Waals surface area contributed by atoms with Gasteiger partial charge in [-0.1, -0.05) is 18.2 Å². The smallest absolute Gasteiger partial charge is 0.311 e. The van der Waals surface area contributed by atoms with Gasteiger partial charge in [0.05, 0.1) is 5.92 Å². The van der Waals surface area contributed by atoms with Crippen molar-refractivity contribution in [3.8, 4) is 5.75 Å². The molecule has 1 fully saturated rings. The summed E-state index contributed by atoms with van der Waals surface area (Å²) in [6.45, 7) is 0. The fraction of sp³-hybridized carbons (Fsp3) is 0.500. The summed E-state index contributed by atoms with van der Waals surface area (Å²) in [4.78, 5) is 11.4. The number of carbonyl (C=O) groups is 1. The molecule has 1 aliphatic carbocycles. The van der Waals surface area contributed by atoms with Gasteiger partial charge in [0, 0.05) is 18.4 Å². The van der Waals surface area contributed by atoms with Gasteiger partial charge in [0.1, 0.15) is 5.75 Å². The standard InChI is InChI=1S/C14H16F2O3/c15-14(16)7-5-9(6-8-14)12(13(18)19)10-3-1-2-4-11(10)17/h1-4,9,12,17H,5-8H2,(H,18,19). The summed E-state index contributed by atoms with van der Waals surface area (Å²) >= 11 is 0. The molecule has 1 atom stereocenters. The monoisotopic (exact) mass is 270 g/mol. The molecule has 0 spiro atoms. The first-order chi connectivity index (χ1) is 8.91. The molecule has 1 aromatic carbocycles. The van der Waals surface area contributed by atoms with Crippen molar-refractivity contribution in [3.05, 3.63) is 29.8 Å². The normalized spacial score (nSPS) is 20.9. The third kappa shape index (κ3) is 3.03. The van der Waals surface area contributed by atoms with Gasteiger partial charge in [0.15, 0.2) is 0 Å². The van der Waals surface area contributed by atoms with Crippen molar-refractivity contribution in [2.24, 2.45) is 5.92 Å². The zero-order valence-corrected chi connectivity index (χ0v) is 10.4. The molecule has 0 bridgehead atoms. The van der Waals surface area contributed by atoms with Crippen LogP contribution in [0.15, 0.2) is 24.3 Å². The number of aliphatic carboxylic acids is 1. The highest BCUT2D eigenvalue weighted by atomic mass is 19.3. The second kappa shape index (κ2) is 5.15. The summed E-state index contributed by atoms with van der Waals surface area (Å²) in [7, 11) is 0. The molecule has 0 amide bonds. The molecule has 104 valence electrons. The van der Waals surface area contributed by atoms with Gasteiger partial charge in [-0.05, 0) is 24.8 Å². The highest BCUT2D eigenvalue weighted by Gasteiger charge is 2.40. The molecule has 19 heavy (non-hydrogen) atoms. The van der Waals surface area contributed by atoms with E-state index in [4.69, 9.17) is 0 Å². The van der Waals surface area contributed by atoms with Gasteiger partial charge in [-0.3, -0.25) is 4.79 Å². The molecule has 0 radical (unpaired) electrons. The Morgan fingerprint density at radius 3 is 2.37 bits per heavy atom. The molecule has 2 N–H and O–H groups in total. The Bertz CT molecular complexity index is 464. The minimum atomic E-state index is -2.68. The lowest BCUT2D eigenvalue weighted by Gasteiger charge is -2.32. The molecule has 5 heteroatoms. The number of phenols is 1. The van der Waals surface area contributed by atoms with Crippen LogP contribution in [-0.4, -0.2) is 22.1 Å². The molecule has 0 aromatic heterocycles. The van der Waals surface area contributed by atoms with E-state index < -0.39 is 17.8 Å². The van der Waals surface area contributed by atoms with Crippen molar-refractivity contribution in [1.82, 2.24) is 0 Å². The summed E-state index contributed by atoms with van der Waals surface area (Å²) in [6.07, 6.45) is -0.235. The Kier molecular flexibility index (Phi) is 3.73. The van der Waals surface area contributed by atoms with Gasteiger partial charge in [0.2, 0.25) is 5.92 Å². The van der Waals surface area contributed by atoms with Gasteiger partial charge < -0.3 is 10.2 Å². The molecule has 0 heterocycles. The number of aromatic hydroxyl groups is 1. The third-order valence-electron chi connectivity index (χ3n) is 3.77. The number of benzene rings is 1. The molecular weight excluding hydrogens is 254 g/mol. The zero-order chi connectivity index (χ0) is 14.0. The minimum absolute atomic E-state index is 0.0905. The number of rotatable bonds is 3. The van der Waals surface area contributed by atoms with E-state index in [-0.39, 0.29) is 37.4 Å². The average molecular weight is 270 g/mol. The van der Waals surface area contributed by atoms with Crippen molar-refractivity contribution >= 4 is 5.97 Å². The molecular formula is C14H16F2O3. The number of hydrogen-bond acceptors (Lipinski definition) is 2. The van der Waals surface area contributed by atoms with E-state index in [0.717, 1.165) is 0 Å². The Morgan fingerprint density at radius 1 is 1.26 bits per heavy atom. The Hall–Kier alpha value is -1.65. The van der Waals surface area contributed by atoms with Gasteiger partial charge in [-0.25, -0.2) is 8.78 Å². The fourth-order valence-corrected chi connectivity index (χ4v) is 2.73. The van der Waals surface area contributed by atoms with Gasteiger partial charge in [0.25, 0.3) is 0 Å². The number of carboxylic acid groups (broad SMARTS) is 1. The van der Waals surface area contributed by atoms with Crippen molar-refractivity contribution < 1.29 is 23.8 Å². The average Bonchev–Trinajstić information content (AvgIpc) is 2.33. The van der Waals surface area contributed by atoms with Crippen molar-refractivity contribution in [1.29, 1.82) is 0 Å². The van der Waals surface area contributed by atoms with E-state index in [2.05, 4.69) is 0 Å². The number of carboxylic acids is 1. The largest absolute Gasteiger partial charge is 0.508 e. The lowest BCUT2D eigenvalue weighted by Crippen LogP contribution is -2.30. The predicted octanol–water partition coefficient (Wildman–Crippen LogP) is 3.39. The van der Waals surface area contributed by atoms with Crippen LogP contribution in [-0.2, 0) is 4.79 Å². The number of halogens is 2. The Labute approximate surface area is 109 Å². The van der Waals surface area contributed by atoms with Crippen molar-refractivity contribution in [3.63, 3.8) is 0 Å². The number of para-hydroxylation sites is 1. The molecule has 3 nitrogen and oxygen atoms in total. The highest BCUT2D eigenvalue weighted by Crippen LogP contribution is 2.43. The van der Waals surface area contributed by atoms with Gasteiger partial charge in [-0.2, -0.15) is 0 Å². The van der Waals surface area contributed by atoms with Crippen molar-refractivity contribution in [2.75, 3.05) is 0 Å². The van der Waals surface area contributed by atoms with E-state index >= 15 is 0 Å². The molecule has 1 saturated carbocycles. The van der Waals surface area contributed by atoms with Gasteiger partial charge in [-0.15, -0.1) is 0 Å². The van der Waals surface area contributed by atoms with Crippen LogP contribution < -0.4 is 0 Å². The zero-order valence-electron chi connectivity index (χ0n) is 10.4. The molecule has 0 saturated heterocycles. The quantitative estimate of drug-likeness (QED) is 0.885. The van der Waals surface area contributed by atoms with E-state index in [0.29, 0.717) is 5.56 Å². The van der Waals surface area contributed by atoms with Crippen LogP contribution in [0.3, 0.4) is 0 Å². The van der Waals surface area contributed by atoms with Crippen molar-refractivity contribution in [2.45, 2.75) is 37.5 Å². The van der Waals surface area contributed by atoms with E-state index in [1.165, 1.54) is 6.07 Å². The summed E-state index contributed by atoms with van der Waals surface area (Å²) in [5.41, 5.74) is 0.310. The van der Waals surface area contributed by atoms with Crippen LogP contribution in [0.4, 0.5) is 8.78 Å². The van der Waals surface area contributed by atoms with Crippen LogP contribution in [0.5, 0.6) is 5.75 Å². The fourth-order valence-electron chi connectivity index (χ4n) is 2.73. The number of alkyl halides is 2. The molecule has 1 aliphatic rings. The maximum Gasteiger partial charge on any atom is 0.311 e. The molecule has 1 unspecified atom stereocenters. The molecule has 1 aromatic rings. The first kappa shape index (κ1) is 13.8. The predicted molar refractivity (Wildman–Crippen MR) is 65.4 cm³/mol. The maximum atomic E-state index is 13.1. The topological polar surface area (TPSA) is 57.5 Å².